The number of rotatable bonds is 1. The lowest BCUT2D eigenvalue weighted by Gasteiger charge is -2.21. The van der Waals surface area contributed by atoms with Gasteiger partial charge in [0.05, 0.1) is 29.4 Å². The van der Waals surface area contributed by atoms with Gasteiger partial charge in [0.25, 0.3) is 0 Å². The Bertz CT molecular complexity index is 684. The van der Waals surface area contributed by atoms with Crippen molar-refractivity contribution < 1.29 is 4.74 Å². The molecule has 1 unspecified atom stereocenters. The smallest absolute Gasteiger partial charge is 0.222 e. The monoisotopic (exact) mass is 285 g/mol. The minimum Gasteiger partial charge on any atom is -0.476 e. The molecule has 3 heterocycles. The molecule has 0 radical (unpaired) electrons. The van der Waals surface area contributed by atoms with Gasteiger partial charge < -0.3 is 4.74 Å². The molecule has 0 saturated carbocycles. The molecule has 20 heavy (non-hydrogen) atoms. The molecule has 100 valence electrons. The van der Waals surface area contributed by atoms with Crippen LogP contribution in [0.25, 0.3) is 0 Å². The zero-order chi connectivity index (χ0) is 13.5. The first-order valence-corrected chi connectivity index (χ1v) is 6.89. The van der Waals surface area contributed by atoms with Crippen LogP contribution in [0.4, 0.5) is 5.69 Å². The molecule has 0 amide bonds. The fraction of sp³-hybridized carbons (Fsp3) is 0.200. The molecule has 0 fully saturated rings. The molecule has 4 nitrogen and oxygen atoms in total. The van der Waals surface area contributed by atoms with E-state index in [0.717, 1.165) is 28.5 Å². The summed E-state index contributed by atoms with van der Waals surface area (Å²) >= 11 is 5.92. The third-order valence-corrected chi connectivity index (χ3v) is 3.85. The zero-order valence-electron chi connectivity index (χ0n) is 10.7. The predicted octanol–water partition coefficient (Wildman–Crippen LogP) is 2.97. The Hall–Kier alpha value is -2.07. The topological polar surface area (TPSA) is 37.7 Å². The van der Waals surface area contributed by atoms with Crippen LogP contribution < -0.4 is 9.75 Å². The Kier molecular flexibility index (Phi) is 2.63. The molecule has 0 saturated heterocycles. The summed E-state index contributed by atoms with van der Waals surface area (Å²) in [4.78, 5) is 4.25. The molecule has 0 N–H and O–H groups in total. The molecule has 0 spiro atoms. The molecule has 2 aromatic rings. The van der Waals surface area contributed by atoms with E-state index in [1.54, 1.807) is 6.20 Å². The summed E-state index contributed by atoms with van der Waals surface area (Å²) in [6.45, 7) is 1.46. The van der Waals surface area contributed by atoms with E-state index in [2.05, 4.69) is 4.98 Å². The summed E-state index contributed by atoms with van der Waals surface area (Å²) in [5, 5.41) is 7.47. The summed E-state index contributed by atoms with van der Waals surface area (Å²) in [7, 11) is 0. The lowest BCUT2D eigenvalue weighted by Crippen LogP contribution is -2.29. The van der Waals surface area contributed by atoms with Gasteiger partial charge in [-0.2, -0.15) is 5.10 Å². The van der Waals surface area contributed by atoms with Gasteiger partial charge in [-0.25, -0.2) is 4.98 Å². The van der Waals surface area contributed by atoms with Gasteiger partial charge in [0, 0.05) is 11.2 Å². The fourth-order valence-electron chi connectivity index (χ4n) is 2.61. The van der Waals surface area contributed by atoms with Crippen LogP contribution in [0.3, 0.4) is 0 Å². The number of pyridine rings is 1. The Balaban J connectivity index is 1.72. The van der Waals surface area contributed by atoms with Crippen LogP contribution in [0.15, 0.2) is 47.7 Å². The number of ether oxygens (including phenoxy) is 1. The second-order valence-electron chi connectivity index (χ2n) is 4.91. The van der Waals surface area contributed by atoms with E-state index in [1.807, 2.05) is 41.4 Å². The molecule has 4 rings (SSSR count). The van der Waals surface area contributed by atoms with Gasteiger partial charge in [-0.1, -0.05) is 11.6 Å². The van der Waals surface area contributed by atoms with Crippen molar-refractivity contribution in [2.24, 2.45) is 11.0 Å². The van der Waals surface area contributed by atoms with Crippen LogP contribution in [0.5, 0.6) is 5.88 Å². The SMILES string of the molecule is Clc1ccc(N2CC3COc4ncccc4C3=N2)cc1. The third kappa shape index (κ3) is 1.84. The number of aromatic nitrogens is 1. The number of nitrogens with zero attached hydrogens (tertiary/aromatic N) is 3. The Labute approximate surface area is 121 Å². The van der Waals surface area contributed by atoms with Crippen LogP contribution in [0.1, 0.15) is 5.56 Å². The number of anilines is 1. The first-order valence-electron chi connectivity index (χ1n) is 6.51. The molecule has 1 aromatic carbocycles. The number of fused-ring (bicyclic) bond motifs is 3. The van der Waals surface area contributed by atoms with Crippen LogP contribution in [0, 0.1) is 5.92 Å². The van der Waals surface area contributed by atoms with Gasteiger partial charge in [-0.3, -0.25) is 5.01 Å². The number of hydrogen-bond donors (Lipinski definition) is 0. The number of benzene rings is 1. The lowest BCUT2D eigenvalue weighted by molar-refractivity contribution is 0.269. The molecular weight excluding hydrogens is 274 g/mol. The molecule has 1 aromatic heterocycles. The van der Waals surface area contributed by atoms with Crippen molar-refractivity contribution in [1.82, 2.24) is 4.98 Å². The highest BCUT2D eigenvalue weighted by molar-refractivity contribution is 6.30. The van der Waals surface area contributed by atoms with Crippen molar-refractivity contribution in [3.63, 3.8) is 0 Å². The average molecular weight is 286 g/mol. The van der Waals surface area contributed by atoms with E-state index in [9.17, 15) is 0 Å². The van der Waals surface area contributed by atoms with Crippen LogP contribution in [-0.2, 0) is 0 Å². The van der Waals surface area contributed by atoms with E-state index in [0.29, 0.717) is 18.4 Å². The normalized spacial score (nSPS) is 19.9. The zero-order valence-corrected chi connectivity index (χ0v) is 11.4. The first kappa shape index (κ1) is 11.7. The highest BCUT2D eigenvalue weighted by Crippen LogP contribution is 2.32. The maximum absolute atomic E-state index is 5.92. The largest absolute Gasteiger partial charge is 0.476 e. The van der Waals surface area contributed by atoms with Crippen molar-refractivity contribution in [2.45, 2.75) is 0 Å². The summed E-state index contributed by atoms with van der Waals surface area (Å²) in [5.41, 5.74) is 3.11. The van der Waals surface area contributed by atoms with Gasteiger partial charge in [-0.15, -0.1) is 0 Å². The standard InChI is InChI=1S/C15H12ClN3O/c16-11-3-5-12(6-4-11)19-8-10-9-20-15-13(14(10)18-19)2-1-7-17-15/h1-7,10H,8-9H2. The summed E-state index contributed by atoms with van der Waals surface area (Å²) < 4.78 is 5.70. The second kappa shape index (κ2) is 4.49. The fourth-order valence-corrected chi connectivity index (χ4v) is 2.74. The van der Waals surface area contributed by atoms with Crippen molar-refractivity contribution in [2.75, 3.05) is 18.2 Å². The van der Waals surface area contributed by atoms with Gasteiger partial charge >= 0.3 is 0 Å². The van der Waals surface area contributed by atoms with E-state index in [4.69, 9.17) is 21.4 Å². The number of hydrogen-bond acceptors (Lipinski definition) is 4. The predicted molar refractivity (Wildman–Crippen MR) is 78.6 cm³/mol. The molecule has 0 bridgehead atoms. The van der Waals surface area contributed by atoms with E-state index >= 15 is 0 Å². The van der Waals surface area contributed by atoms with Crippen LogP contribution >= 0.6 is 11.6 Å². The van der Waals surface area contributed by atoms with Gasteiger partial charge in [-0.05, 0) is 36.4 Å². The van der Waals surface area contributed by atoms with Crippen molar-refractivity contribution in [3.05, 3.63) is 53.2 Å². The average Bonchev–Trinajstić information content (AvgIpc) is 2.92. The molecule has 5 heteroatoms. The Morgan fingerprint density at radius 1 is 1.20 bits per heavy atom. The number of halogens is 1. The summed E-state index contributed by atoms with van der Waals surface area (Å²) in [6.07, 6.45) is 1.74. The summed E-state index contributed by atoms with van der Waals surface area (Å²) in [5.74, 6) is 0.975. The molecular formula is C15H12ClN3O. The highest BCUT2D eigenvalue weighted by Gasteiger charge is 2.34. The van der Waals surface area contributed by atoms with E-state index in [-0.39, 0.29) is 0 Å². The highest BCUT2D eigenvalue weighted by atomic mass is 35.5. The van der Waals surface area contributed by atoms with Crippen molar-refractivity contribution >= 4 is 23.0 Å². The lowest BCUT2D eigenvalue weighted by atomic mass is 9.97. The minimum absolute atomic E-state index is 0.294. The first-order chi connectivity index (χ1) is 9.81. The Morgan fingerprint density at radius 3 is 2.90 bits per heavy atom. The van der Waals surface area contributed by atoms with Crippen molar-refractivity contribution in [1.29, 1.82) is 0 Å². The van der Waals surface area contributed by atoms with E-state index in [1.165, 1.54) is 0 Å². The van der Waals surface area contributed by atoms with Gasteiger partial charge in [0.15, 0.2) is 0 Å². The quantitative estimate of drug-likeness (QED) is 0.808. The molecule has 2 aliphatic heterocycles. The second-order valence-corrected chi connectivity index (χ2v) is 5.34. The molecule has 0 aliphatic carbocycles. The van der Waals surface area contributed by atoms with Crippen molar-refractivity contribution in [3.8, 4) is 5.88 Å². The van der Waals surface area contributed by atoms with Crippen LogP contribution in [-0.4, -0.2) is 23.8 Å². The third-order valence-electron chi connectivity index (χ3n) is 3.60. The minimum atomic E-state index is 0.294. The molecule has 1 atom stereocenters. The maximum atomic E-state index is 5.92. The Morgan fingerprint density at radius 2 is 2.05 bits per heavy atom. The van der Waals surface area contributed by atoms with Gasteiger partial charge in [0.1, 0.15) is 6.61 Å². The molecule has 2 aliphatic rings. The maximum Gasteiger partial charge on any atom is 0.222 e. The van der Waals surface area contributed by atoms with Crippen LogP contribution in [0.2, 0.25) is 5.02 Å². The van der Waals surface area contributed by atoms with Gasteiger partial charge in [0.2, 0.25) is 5.88 Å². The number of hydrazone groups is 1. The summed E-state index contributed by atoms with van der Waals surface area (Å²) in [6, 6.07) is 11.6. The van der Waals surface area contributed by atoms with E-state index < -0.39 is 0 Å².